The monoisotopic (exact) mass is 158 g/mol. The number of aliphatic hydroxyl groups excluding tert-OH is 1. The fourth-order valence-corrected chi connectivity index (χ4v) is 1.86. The van der Waals surface area contributed by atoms with Crippen LogP contribution in [0.1, 0.15) is 39.5 Å². The molecule has 0 spiro atoms. The van der Waals surface area contributed by atoms with Crippen molar-refractivity contribution in [2.24, 2.45) is 0 Å². The van der Waals surface area contributed by atoms with Crippen LogP contribution in [0.2, 0.25) is 0 Å². The van der Waals surface area contributed by atoms with Crippen LogP contribution in [-0.2, 0) is 4.74 Å². The molecule has 0 amide bonds. The number of ether oxygens (including phenoxy) is 1. The average Bonchev–Trinajstić information content (AvgIpc) is 2.65. The van der Waals surface area contributed by atoms with Gasteiger partial charge in [-0.15, -0.1) is 0 Å². The molecule has 1 heterocycles. The van der Waals surface area contributed by atoms with Gasteiger partial charge in [0, 0.05) is 0 Å². The lowest BCUT2D eigenvalue weighted by molar-refractivity contribution is 0.228. The summed E-state index contributed by atoms with van der Waals surface area (Å²) in [6, 6.07) is 0. The van der Waals surface area contributed by atoms with E-state index >= 15 is 0 Å². The van der Waals surface area contributed by atoms with Gasteiger partial charge in [0.15, 0.2) is 0 Å². The molecule has 0 aromatic rings. The maximum absolute atomic E-state index is 8.87. The fraction of sp³-hybridized carbons (Fsp3) is 1.00. The summed E-state index contributed by atoms with van der Waals surface area (Å²) >= 11 is 0. The highest BCUT2D eigenvalue weighted by molar-refractivity contribution is 5.01. The number of hydrogen-bond acceptors (Lipinski definition) is 2. The third-order valence-corrected chi connectivity index (χ3v) is 2.42. The van der Waals surface area contributed by atoms with Gasteiger partial charge in [0.2, 0.25) is 0 Å². The van der Waals surface area contributed by atoms with Crippen molar-refractivity contribution in [2.75, 3.05) is 6.61 Å². The Bertz CT molecular complexity index is 117. The summed E-state index contributed by atoms with van der Waals surface area (Å²) in [5, 5.41) is 8.87. The molecule has 66 valence electrons. The molecule has 1 N–H and O–H groups in total. The van der Waals surface area contributed by atoms with Crippen LogP contribution in [0.3, 0.4) is 0 Å². The van der Waals surface area contributed by atoms with Gasteiger partial charge < -0.3 is 9.84 Å². The number of epoxide rings is 1. The Labute approximate surface area is 68.6 Å². The molecule has 1 rings (SSSR count). The summed E-state index contributed by atoms with van der Waals surface area (Å²) in [7, 11) is 0. The second-order valence-electron chi connectivity index (χ2n) is 3.35. The molecule has 2 nitrogen and oxygen atoms in total. The van der Waals surface area contributed by atoms with Crippen molar-refractivity contribution in [3.63, 3.8) is 0 Å². The summed E-state index contributed by atoms with van der Waals surface area (Å²) in [6.07, 6.45) is 4.65. The van der Waals surface area contributed by atoms with Crippen LogP contribution in [0.25, 0.3) is 0 Å². The quantitative estimate of drug-likeness (QED) is 0.618. The van der Waals surface area contributed by atoms with Gasteiger partial charge in [0.05, 0.1) is 12.2 Å². The molecule has 0 aromatic heterocycles. The van der Waals surface area contributed by atoms with E-state index in [1.54, 1.807) is 0 Å². The molecule has 11 heavy (non-hydrogen) atoms. The number of rotatable bonds is 5. The van der Waals surface area contributed by atoms with E-state index in [0.29, 0.717) is 0 Å². The summed E-state index contributed by atoms with van der Waals surface area (Å²) in [4.78, 5) is 0. The van der Waals surface area contributed by atoms with E-state index < -0.39 is 0 Å². The molecule has 0 aromatic carbocycles. The maximum Gasteiger partial charge on any atom is 0.110 e. The number of aliphatic hydroxyl groups is 1. The zero-order chi connectivity index (χ0) is 8.32. The predicted octanol–water partition coefficient (Wildman–Crippen LogP) is 1.72. The Balaban J connectivity index is 2.35. The highest BCUT2D eigenvalue weighted by atomic mass is 16.6. The zero-order valence-electron chi connectivity index (χ0n) is 7.47. The Morgan fingerprint density at radius 3 is 2.09 bits per heavy atom. The predicted molar refractivity (Wildman–Crippen MR) is 44.5 cm³/mol. The fourth-order valence-electron chi connectivity index (χ4n) is 1.86. The van der Waals surface area contributed by atoms with E-state index in [-0.39, 0.29) is 18.3 Å². The van der Waals surface area contributed by atoms with E-state index in [4.69, 9.17) is 9.84 Å². The van der Waals surface area contributed by atoms with E-state index in [2.05, 4.69) is 13.8 Å². The lowest BCUT2D eigenvalue weighted by atomic mass is 9.95. The largest absolute Gasteiger partial charge is 0.394 e. The summed E-state index contributed by atoms with van der Waals surface area (Å²) in [5.74, 6) is 0. The van der Waals surface area contributed by atoms with Gasteiger partial charge in [-0.3, -0.25) is 0 Å². The van der Waals surface area contributed by atoms with Crippen LogP contribution >= 0.6 is 0 Å². The van der Waals surface area contributed by atoms with Crippen molar-refractivity contribution in [1.29, 1.82) is 0 Å². The zero-order valence-corrected chi connectivity index (χ0v) is 7.47. The lowest BCUT2D eigenvalue weighted by Crippen LogP contribution is -2.16. The van der Waals surface area contributed by atoms with Crippen molar-refractivity contribution in [1.82, 2.24) is 0 Å². The highest BCUT2D eigenvalue weighted by Gasteiger charge is 2.53. The normalized spacial score (nSPS) is 27.0. The molecule has 1 fully saturated rings. The Morgan fingerprint density at radius 2 is 1.82 bits per heavy atom. The molecular formula is C9H18O2. The lowest BCUT2D eigenvalue weighted by Gasteiger charge is -2.08. The summed E-state index contributed by atoms with van der Waals surface area (Å²) in [6.45, 7) is 4.51. The molecule has 1 unspecified atom stereocenters. The minimum atomic E-state index is 0.0677. The first-order valence-corrected chi connectivity index (χ1v) is 4.57. The molecule has 0 saturated carbocycles. The molecule has 1 aliphatic heterocycles. The standard InChI is InChI=1S/C9H18O2/c1-3-5-9(6-4-2)8(7-10)11-9/h8,10H,3-7H2,1-2H3. The Hall–Kier alpha value is -0.0800. The van der Waals surface area contributed by atoms with Crippen molar-refractivity contribution in [3.8, 4) is 0 Å². The van der Waals surface area contributed by atoms with Gasteiger partial charge in [-0.25, -0.2) is 0 Å². The van der Waals surface area contributed by atoms with Gasteiger partial charge >= 0.3 is 0 Å². The van der Waals surface area contributed by atoms with Crippen molar-refractivity contribution in [2.45, 2.75) is 51.2 Å². The van der Waals surface area contributed by atoms with Crippen LogP contribution in [0, 0.1) is 0 Å². The molecule has 1 saturated heterocycles. The van der Waals surface area contributed by atoms with E-state index in [1.807, 2.05) is 0 Å². The molecule has 0 radical (unpaired) electrons. The van der Waals surface area contributed by atoms with Crippen LogP contribution in [-0.4, -0.2) is 23.4 Å². The number of hydrogen-bond donors (Lipinski definition) is 1. The minimum absolute atomic E-state index is 0.0677. The molecule has 0 aliphatic carbocycles. The molecule has 1 aliphatic rings. The van der Waals surface area contributed by atoms with Crippen LogP contribution in [0.15, 0.2) is 0 Å². The summed E-state index contributed by atoms with van der Waals surface area (Å²) in [5.41, 5.74) is 0.0677. The van der Waals surface area contributed by atoms with Gasteiger partial charge in [0.1, 0.15) is 6.10 Å². The van der Waals surface area contributed by atoms with Gasteiger partial charge in [-0.1, -0.05) is 26.7 Å². The third kappa shape index (κ3) is 1.74. The van der Waals surface area contributed by atoms with Crippen molar-refractivity contribution < 1.29 is 9.84 Å². The molecule has 1 atom stereocenters. The molecular weight excluding hydrogens is 140 g/mol. The first-order valence-electron chi connectivity index (χ1n) is 4.57. The Morgan fingerprint density at radius 1 is 1.27 bits per heavy atom. The third-order valence-electron chi connectivity index (χ3n) is 2.42. The van der Waals surface area contributed by atoms with Crippen molar-refractivity contribution >= 4 is 0 Å². The second-order valence-corrected chi connectivity index (χ2v) is 3.35. The van der Waals surface area contributed by atoms with Crippen LogP contribution < -0.4 is 0 Å². The summed E-state index contributed by atoms with van der Waals surface area (Å²) < 4.78 is 5.48. The smallest absolute Gasteiger partial charge is 0.110 e. The van der Waals surface area contributed by atoms with Gasteiger partial charge in [-0.2, -0.15) is 0 Å². The van der Waals surface area contributed by atoms with E-state index in [1.165, 1.54) is 0 Å². The van der Waals surface area contributed by atoms with Crippen LogP contribution in [0.5, 0.6) is 0 Å². The molecule has 0 bridgehead atoms. The molecule has 2 heteroatoms. The van der Waals surface area contributed by atoms with Gasteiger partial charge in [-0.05, 0) is 12.8 Å². The second kappa shape index (κ2) is 3.55. The SMILES string of the molecule is CCCC1(CCC)OC1CO. The first-order chi connectivity index (χ1) is 5.29. The van der Waals surface area contributed by atoms with E-state index in [0.717, 1.165) is 25.7 Å². The van der Waals surface area contributed by atoms with E-state index in [9.17, 15) is 0 Å². The first kappa shape index (κ1) is 9.01. The highest BCUT2D eigenvalue weighted by Crippen LogP contribution is 2.44. The average molecular weight is 158 g/mol. The minimum Gasteiger partial charge on any atom is -0.394 e. The van der Waals surface area contributed by atoms with Gasteiger partial charge in [0.25, 0.3) is 0 Å². The van der Waals surface area contributed by atoms with Crippen LogP contribution in [0.4, 0.5) is 0 Å². The maximum atomic E-state index is 8.87. The Kier molecular flexibility index (Phi) is 2.90. The topological polar surface area (TPSA) is 32.8 Å². The van der Waals surface area contributed by atoms with Crippen molar-refractivity contribution in [3.05, 3.63) is 0 Å².